The van der Waals surface area contributed by atoms with Crippen molar-refractivity contribution in [1.29, 1.82) is 0 Å². The monoisotopic (exact) mass is 347 g/mol. The van der Waals surface area contributed by atoms with Crippen molar-refractivity contribution < 1.29 is 0 Å². The molecule has 0 aliphatic rings. The highest BCUT2D eigenvalue weighted by atomic mass is 79.9. The zero-order valence-corrected chi connectivity index (χ0v) is 14.2. The summed E-state index contributed by atoms with van der Waals surface area (Å²) in [7, 11) is 0. The molecular weight excluding hydrogens is 326 g/mol. The Labute approximate surface area is 135 Å². The Morgan fingerprint density at radius 1 is 1.24 bits per heavy atom. The molecule has 0 amide bonds. The van der Waals surface area contributed by atoms with Gasteiger partial charge in [0, 0.05) is 36.0 Å². The van der Waals surface area contributed by atoms with Gasteiger partial charge >= 0.3 is 0 Å². The molecule has 0 aliphatic heterocycles. The van der Waals surface area contributed by atoms with Gasteiger partial charge < -0.3 is 5.73 Å². The van der Waals surface area contributed by atoms with Crippen molar-refractivity contribution in [3.05, 3.63) is 63.9 Å². The molecule has 0 saturated heterocycles. The van der Waals surface area contributed by atoms with Crippen molar-refractivity contribution in [2.24, 2.45) is 5.73 Å². The maximum atomic E-state index is 6.07. The quantitative estimate of drug-likeness (QED) is 0.866. The highest BCUT2D eigenvalue weighted by molar-refractivity contribution is 9.10. The van der Waals surface area contributed by atoms with Gasteiger partial charge in [-0.2, -0.15) is 0 Å². The lowest BCUT2D eigenvalue weighted by Gasteiger charge is -2.31. The van der Waals surface area contributed by atoms with Crippen molar-refractivity contribution >= 4 is 15.9 Å². The number of benzene rings is 1. The number of nitrogens with zero attached hydrogens (tertiary/aromatic N) is 2. The van der Waals surface area contributed by atoms with Crippen LogP contribution in [0.2, 0.25) is 0 Å². The molecule has 21 heavy (non-hydrogen) atoms. The highest BCUT2D eigenvalue weighted by Crippen LogP contribution is 2.29. The molecule has 0 bridgehead atoms. The van der Waals surface area contributed by atoms with Gasteiger partial charge in [0.1, 0.15) is 0 Å². The maximum Gasteiger partial charge on any atom is 0.0485 e. The summed E-state index contributed by atoms with van der Waals surface area (Å²) in [6.45, 7) is 6.69. The van der Waals surface area contributed by atoms with Crippen LogP contribution in [0.3, 0.4) is 0 Å². The number of likely N-dealkylation sites (N-methyl/N-ethyl adjacent to an activating group) is 1. The summed E-state index contributed by atoms with van der Waals surface area (Å²) in [5, 5.41) is 0. The smallest absolute Gasteiger partial charge is 0.0485 e. The second kappa shape index (κ2) is 7.69. The zero-order chi connectivity index (χ0) is 15.2. The molecule has 4 heteroatoms. The summed E-state index contributed by atoms with van der Waals surface area (Å²) in [5.41, 5.74) is 9.82. The predicted molar refractivity (Wildman–Crippen MR) is 91.0 cm³/mol. The molecule has 1 unspecified atom stereocenters. The van der Waals surface area contributed by atoms with Gasteiger partial charge in [0.2, 0.25) is 0 Å². The van der Waals surface area contributed by atoms with E-state index >= 15 is 0 Å². The summed E-state index contributed by atoms with van der Waals surface area (Å²) < 4.78 is 1.13. The van der Waals surface area contributed by atoms with Crippen LogP contribution in [0.15, 0.2) is 47.2 Å². The molecule has 1 heterocycles. The van der Waals surface area contributed by atoms with Crippen molar-refractivity contribution in [1.82, 2.24) is 9.88 Å². The van der Waals surface area contributed by atoms with E-state index in [0.29, 0.717) is 6.54 Å². The molecule has 1 aromatic heterocycles. The van der Waals surface area contributed by atoms with Crippen LogP contribution in [0, 0.1) is 6.92 Å². The number of hydrogen-bond donors (Lipinski definition) is 1. The van der Waals surface area contributed by atoms with Crippen LogP contribution >= 0.6 is 15.9 Å². The van der Waals surface area contributed by atoms with Crippen LogP contribution in [0.4, 0.5) is 0 Å². The Morgan fingerprint density at radius 3 is 2.52 bits per heavy atom. The van der Waals surface area contributed by atoms with Crippen LogP contribution in [-0.2, 0) is 6.54 Å². The van der Waals surface area contributed by atoms with Crippen molar-refractivity contribution in [3.8, 4) is 0 Å². The molecule has 112 valence electrons. The first kappa shape index (κ1) is 16.1. The van der Waals surface area contributed by atoms with Gasteiger partial charge in [-0.3, -0.25) is 9.88 Å². The Morgan fingerprint density at radius 2 is 1.95 bits per heavy atom. The van der Waals surface area contributed by atoms with Gasteiger partial charge in [0.25, 0.3) is 0 Å². The number of pyridine rings is 1. The van der Waals surface area contributed by atoms with Crippen molar-refractivity contribution in [3.63, 3.8) is 0 Å². The number of aromatic nitrogens is 1. The maximum absolute atomic E-state index is 6.07. The highest BCUT2D eigenvalue weighted by Gasteiger charge is 2.20. The van der Waals surface area contributed by atoms with Crippen molar-refractivity contribution in [2.45, 2.75) is 26.4 Å². The fraction of sp³-hybridized carbons (Fsp3) is 0.353. The van der Waals surface area contributed by atoms with E-state index in [0.717, 1.165) is 17.6 Å². The standard InChI is InChI=1S/C17H22BrN3/c1-3-21(12-14-6-8-20-9-7-14)17(11-19)15-5-4-13(2)10-16(15)18/h4-10,17H,3,11-12,19H2,1-2H3. The SMILES string of the molecule is CCN(Cc1ccncc1)C(CN)c1ccc(C)cc1Br. The Balaban J connectivity index is 2.25. The summed E-state index contributed by atoms with van der Waals surface area (Å²) >= 11 is 3.68. The second-order valence-electron chi connectivity index (χ2n) is 5.20. The van der Waals surface area contributed by atoms with E-state index in [4.69, 9.17) is 5.73 Å². The van der Waals surface area contributed by atoms with E-state index < -0.39 is 0 Å². The van der Waals surface area contributed by atoms with E-state index in [2.05, 4.69) is 70.0 Å². The number of hydrogen-bond acceptors (Lipinski definition) is 3. The van der Waals surface area contributed by atoms with E-state index in [-0.39, 0.29) is 6.04 Å². The second-order valence-corrected chi connectivity index (χ2v) is 6.05. The van der Waals surface area contributed by atoms with Crippen LogP contribution in [0.25, 0.3) is 0 Å². The first-order chi connectivity index (χ1) is 10.2. The van der Waals surface area contributed by atoms with Gasteiger partial charge in [-0.15, -0.1) is 0 Å². The molecule has 2 rings (SSSR count). The normalized spacial score (nSPS) is 12.6. The first-order valence-corrected chi connectivity index (χ1v) is 8.04. The first-order valence-electron chi connectivity index (χ1n) is 7.24. The van der Waals surface area contributed by atoms with Crippen LogP contribution in [-0.4, -0.2) is 23.0 Å². The topological polar surface area (TPSA) is 42.2 Å². The number of halogens is 1. The van der Waals surface area contributed by atoms with Crippen molar-refractivity contribution in [2.75, 3.05) is 13.1 Å². The zero-order valence-electron chi connectivity index (χ0n) is 12.6. The Bertz CT molecular complexity index is 572. The van der Waals surface area contributed by atoms with Gasteiger partial charge in [-0.05, 0) is 48.4 Å². The fourth-order valence-corrected chi connectivity index (χ4v) is 3.30. The third kappa shape index (κ3) is 4.13. The average Bonchev–Trinajstić information content (AvgIpc) is 2.49. The summed E-state index contributed by atoms with van der Waals surface area (Å²) in [6, 6.07) is 10.8. The Kier molecular flexibility index (Phi) is 5.91. The predicted octanol–water partition coefficient (Wildman–Crippen LogP) is 3.67. The molecule has 0 saturated carbocycles. The summed E-state index contributed by atoms with van der Waals surface area (Å²) in [4.78, 5) is 6.47. The largest absolute Gasteiger partial charge is 0.329 e. The molecule has 0 spiro atoms. The number of rotatable bonds is 6. The minimum atomic E-state index is 0.207. The lowest BCUT2D eigenvalue weighted by Crippen LogP contribution is -2.33. The molecule has 0 fully saturated rings. The van der Waals surface area contributed by atoms with Gasteiger partial charge in [0.05, 0.1) is 0 Å². The molecular formula is C17H22BrN3. The minimum Gasteiger partial charge on any atom is -0.329 e. The average molecular weight is 348 g/mol. The molecule has 2 aromatic rings. The van der Waals surface area contributed by atoms with E-state index in [9.17, 15) is 0 Å². The fourth-order valence-electron chi connectivity index (χ4n) is 2.54. The molecule has 1 atom stereocenters. The van der Waals surface area contributed by atoms with Gasteiger partial charge in [0.15, 0.2) is 0 Å². The minimum absolute atomic E-state index is 0.207. The lowest BCUT2D eigenvalue weighted by atomic mass is 10.0. The van der Waals surface area contributed by atoms with Crippen LogP contribution < -0.4 is 5.73 Å². The van der Waals surface area contributed by atoms with E-state index in [1.165, 1.54) is 16.7 Å². The summed E-state index contributed by atoms with van der Waals surface area (Å²) in [5.74, 6) is 0. The van der Waals surface area contributed by atoms with E-state index in [1.54, 1.807) is 0 Å². The lowest BCUT2D eigenvalue weighted by molar-refractivity contribution is 0.203. The van der Waals surface area contributed by atoms with Crippen LogP contribution in [0.1, 0.15) is 29.7 Å². The molecule has 3 nitrogen and oxygen atoms in total. The summed E-state index contributed by atoms with van der Waals surface area (Å²) in [6.07, 6.45) is 3.67. The molecule has 1 aromatic carbocycles. The molecule has 0 aliphatic carbocycles. The van der Waals surface area contributed by atoms with Crippen LogP contribution in [0.5, 0.6) is 0 Å². The molecule has 2 N–H and O–H groups in total. The number of nitrogens with two attached hydrogens (primary N) is 1. The van der Waals surface area contributed by atoms with E-state index in [1.807, 2.05) is 12.4 Å². The third-order valence-corrected chi connectivity index (χ3v) is 4.41. The molecule has 0 radical (unpaired) electrons. The third-order valence-electron chi connectivity index (χ3n) is 3.72. The van der Waals surface area contributed by atoms with Gasteiger partial charge in [-0.1, -0.05) is 35.0 Å². The number of aryl methyl sites for hydroxylation is 1. The Hall–Kier alpha value is -1.23. The van der Waals surface area contributed by atoms with Gasteiger partial charge in [-0.25, -0.2) is 0 Å².